The lowest BCUT2D eigenvalue weighted by Gasteiger charge is -2.28. The van der Waals surface area contributed by atoms with E-state index in [0.717, 1.165) is 34.6 Å². The molecule has 10 nitrogen and oxygen atoms in total. The third kappa shape index (κ3) is 4.37. The van der Waals surface area contributed by atoms with Gasteiger partial charge in [0.25, 0.3) is 0 Å². The van der Waals surface area contributed by atoms with Crippen molar-refractivity contribution in [1.29, 1.82) is 0 Å². The number of sulfonamides is 1. The zero-order valence-electron chi connectivity index (χ0n) is 19.3. The molecule has 0 aliphatic carbocycles. The van der Waals surface area contributed by atoms with Gasteiger partial charge in [-0.15, -0.1) is 10.2 Å². The van der Waals surface area contributed by atoms with Crippen LogP contribution in [0.15, 0.2) is 67.4 Å². The van der Waals surface area contributed by atoms with Gasteiger partial charge < -0.3 is 10.2 Å². The van der Waals surface area contributed by atoms with Crippen molar-refractivity contribution in [3.8, 4) is 0 Å². The lowest BCUT2D eigenvalue weighted by atomic mass is 9.96. The predicted octanol–water partition coefficient (Wildman–Crippen LogP) is 2.95. The number of rotatable bonds is 6. The Morgan fingerprint density at radius 1 is 1.06 bits per heavy atom. The van der Waals surface area contributed by atoms with Crippen molar-refractivity contribution in [3.63, 3.8) is 0 Å². The molecule has 12 heteroatoms. The summed E-state index contributed by atoms with van der Waals surface area (Å²) in [6.07, 6.45) is 6.21. The standard InChI is InChI=1S/C23H24N8O2S2/c1-15-12-19(16(2)31(15)29-13-25-26-14-29)22-21(20-6-4-5-11-24-20)27-23(34)30(22)18-9-7-17(8-10-18)28-35(3,32)33/h4-14,21-22,28H,1-3H3,(H,27,34)/t21-,22-/m0/s1. The van der Waals surface area contributed by atoms with Gasteiger partial charge in [-0.05, 0) is 68.5 Å². The minimum Gasteiger partial charge on any atom is -0.351 e. The fourth-order valence-corrected chi connectivity index (χ4v) is 5.49. The summed E-state index contributed by atoms with van der Waals surface area (Å²) in [5, 5.41) is 11.9. The van der Waals surface area contributed by atoms with Crippen molar-refractivity contribution in [2.45, 2.75) is 25.9 Å². The maximum absolute atomic E-state index is 11.6. The summed E-state index contributed by atoms with van der Waals surface area (Å²) in [5.74, 6) is 0. The van der Waals surface area contributed by atoms with Crippen molar-refractivity contribution in [1.82, 2.24) is 29.9 Å². The van der Waals surface area contributed by atoms with Gasteiger partial charge in [0.2, 0.25) is 10.0 Å². The zero-order chi connectivity index (χ0) is 24.7. The first-order chi connectivity index (χ1) is 16.7. The lowest BCUT2D eigenvalue weighted by molar-refractivity contribution is 0.557. The van der Waals surface area contributed by atoms with E-state index in [1.54, 1.807) is 31.0 Å². The number of thiocarbonyl (C=S) groups is 1. The van der Waals surface area contributed by atoms with Crippen LogP contribution in [0.1, 0.15) is 34.7 Å². The molecule has 5 rings (SSSR count). The Kier molecular flexibility index (Phi) is 5.77. The van der Waals surface area contributed by atoms with Crippen LogP contribution in [0.25, 0.3) is 0 Å². The van der Waals surface area contributed by atoms with Crippen molar-refractivity contribution < 1.29 is 8.42 Å². The van der Waals surface area contributed by atoms with E-state index in [4.69, 9.17) is 12.2 Å². The molecule has 0 spiro atoms. The molecule has 1 fully saturated rings. The van der Waals surface area contributed by atoms with Gasteiger partial charge in [-0.2, -0.15) is 0 Å². The molecule has 3 aromatic heterocycles. The Labute approximate surface area is 208 Å². The van der Waals surface area contributed by atoms with Crippen LogP contribution in [-0.2, 0) is 10.0 Å². The second-order valence-electron chi connectivity index (χ2n) is 8.40. The highest BCUT2D eigenvalue weighted by atomic mass is 32.2. The molecule has 1 aliphatic rings. The van der Waals surface area contributed by atoms with Crippen LogP contribution in [0.2, 0.25) is 0 Å². The van der Waals surface area contributed by atoms with Crippen molar-refractivity contribution in [2.75, 3.05) is 15.9 Å². The molecule has 0 saturated carbocycles. The van der Waals surface area contributed by atoms with Crippen LogP contribution in [0.4, 0.5) is 11.4 Å². The molecule has 1 aliphatic heterocycles. The average Bonchev–Trinajstić information content (AvgIpc) is 3.52. The summed E-state index contributed by atoms with van der Waals surface area (Å²) in [7, 11) is -3.37. The molecule has 1 aromatic carbocycles. The number of nitrogens with one attached hydrogen (secondary N) is 2. The van der Waals surface area contributed by atoms with Gasteiger partial charge in [-0.1, -0.05) is 6.07 Å². The Hall–Kier alpha value is -3.77. The molecule has 1 saturated heterocycles. The summed E-state index contributed by atoms with van der Waals surface area (Å²) >= 11 is 5.80. The number of pyridine rings is 1. The number of nitrogens with zero attached hydrogens (tertiary/aromatic N) is 6. The second-order valence-corrected chi connectivity index (χ2v) is 10.5. The molecule has 180 valence electrons. The lowest BCUT2D eigenvalue weighted by Crippen LogP contribution is -2.29. The van der Waals surface area contributed by atoms with Gasteiger partial charge in [-0.25, -0.2) is 13.1 Å². The predicted molar refractivity (Wildman–Crippen MR) is 138 cm³/mol. The SMILES string of the molecule is Cc1cc([C@H]2[C@H](c3ccccn3)NC(=S)N2c2ccc(NS(C)(=O)=O)cc2)c(C)n1-n1cnnc1. The summed E-state index contributed by atoms with van der Waals surface area (Å²) in [6, 6.07) is 14.7. The maximum Gasteiger partial charge on any atom is 0.229 e. The number of hydrogen-bond donors (Lipinski definition) is 2. The third-order valence-corrected chi connectivity index (χ3v) is 6.86. The minimum atomic E-state index is -3.37. The topological polar surface area (TPSA) is 110 Å². The van der Waals surface area contributed by atoms with E-state index in [2.05, 4.69) is 43.1 Å². The van der Waals surface area contributed by atoms with Crippen LogP contribution < -0.4 is 14.9 Å². The molecule has 0 unspecified atom stereocenters. The van der Waals surface area contributed by atoms with Crippen molar-refractivity contribution in [3.05, 3.63) is 90.0 Å². The molecule has 2 N–H and O–H groups in total. The second kappa shape index (κ2) is 8.78. The smallest absolute Gasteiger partial charge is 0.229 e. The summed E-state index contributed by atoms with van der Waals surface area (Å²) in [5.41, 5.74) is 5.28. The number of hydrogen-bond acceptors (Lipinski definition) is 6. The zero-order valence-corrected chi connectivity index (χ0v) is 21.0. The fourth-order valence-electron chi connectivity index (χ4n) is 4.58. The first-order valence-corrected chi connectivity index (χ1v) is 13.2. The van der Waals surface area contributed by atoms with Gasteiger partial charge in [0.15, 0.2) is 5.11 Å². The summed E-state index contributed by atoms with van der Waals surface area (Å²) < 4.78 is 29.6. The number of aryl methyl sites for hydroxylation is 1. The van der Waals surface area contributed by atoms with E-state index in [1.807, 2.05) is 46.6 Å². The molecule has 2 atom stereocenters. The monoisotopic (exact) mass is 508 g/mol. The minimum absolute atomic E-state index is 0.201. The number of aromatic nitrogens is 5. The van der Waals surface area contributed by atoms with Crippen LogP contribution in [-0.4, -0.2) is 44.3 Å². The Balaban J connectivity index is 1.62. The van der Waals surface area contributed by atoms with Gasteiger partial charge in [-0.3, -0.25) is 14.4 Å². The maximum atomic E-state index is 11.6. The first kappa shape index (κ1) is 23.0. The van der Waals surface area contributed by atoms with E-state index in [0.29, 0.717) is 10.8 Å². The largest absolute Gasteiger partial charge is 0.351 e. The highest BCUT2D eigenvalue weighted by molar-refractivity contribution is 7.92. The molecule has 4 aromatic rings. The van der Waals surface area contributed by atoms with E-state index >= 15 is 0 Å². The molecular weight excluding hydrogens is 484 g/mol. The Morgan fingerprint density at radius 2 is 1.77 bits per heavy atom. The van der Waals surface area contributed by atoms with Crippen molar-refractivity contribution >= 4 is 38.7 Å². The van der Waals surface area contributed by atoms with Gasteiger partial charge in [0, 0.05) is 34.5 Å². The van der Waals surface area contributed by atoms with E-state index < -0.39 is 10.0 Å². The average molecular weight is 509 g/mol. The first-order valence-electron chi connectivity index (χ1n) is 10.9. The van der Waals surface area contributed by atoms with E-state index in [9.17, 15) is 8.42 Å². The van der Waals surface area contributed by atoms with Crippen LogP contribution in [0.5, 0.6) is 0 Å². The van der Waals surface area contributed by atoms with Gasteiger partial charge in [0.05, 0.1) is 24.0 Å². The molecule has 4 heterocycles. The fraction of sp³-hybridized carbons (Fsp3) is 0.217. The highest BCUT2D eigenvalue weighted by Gasteiger charge is 2.42. The van der Waals surface area contributed by atoms with Gasteiger partial charge >= 0.3 is 0 Å². The normalized spacial score (nSPS) is 18.0. The Morgan fingerprint density at radius 3 is 2.40 bits per heavy atom. The molecule has 35 heavy (non-hydrogen) atoms. The van der Waals surface area contributed by atoms with Crippen LogP contribution in [0, 0.1) is 13.8 Å². The van der Waals surface area contributed by atoms with Crippen LogP contribution >= 0.6 is 12.2 Å². The van der Waals surface area contributed by atoms with Crippen molar-refractivity contribution in [2.24, 2.45) is 0 Å². The van der Waals surface area contributed by atoms with Gasteiger partial charge in [0.1, 0.15) is 12.7 Å². The molecule has 0 radical (unpaired) electrons. The van der Waals surface area contributed by atoms with Crippen LogP contribution in [0.3, 0.4) is 0 Å². The Bertz CT molecular complexity index is 1470. The molecule has 0 amide bonds. The number of benzene rings is 1. The molecular formula is C23H24N8O2S2. The third-order valence-electron chi connectivity index (χ3n) is 5.94. The summed E-state index contributed by atoms with van der Waals surface area (Å²) in [4.78, 5) is 6.66. The van der Waals surface area contributed by atoms with E-state index in [-0.39, 0.29) is 12.1 Å². The molecule has 0 bridgehead atoms. The van der Waals surface area contributed by atoms with E-state index in [1.165, 1.54) is 0 Å². The quantitative estimate of drug-likeness (QED) is 0.383. The highest BCUT2D eigenvalue weighted by Crippen LogP contribution is 2.43. The summed E-state index contributed by atoms with van der Waals surface area (Å²) in [6.45, 7) is 4.08. The number of anilines is 2.